The Kier molecular flexibility index (Phi) is 3.97. The van der Waals surface area contributed by atoms with E-state index in [2.05, 4.69) is 45.3 Å². The fraction of sp³-hybridized carbons (Fsp3) is 0.938. The van der Waals surface area contributed by atoms with Crippen molar-refractivity contribution in [2.75, 3.05) is 13.1 Å². The van der Waals surface area contributed by atoms with Gasteiger partial charge in [-0.1, -0.05) is 34.6 Å². The lowest BCUT2D eigenvalue weighted by atomic mass is 9.63. The quantitative estimate of drug-likeness (QED) is 0.806. The highest BCUT2D eigenvalue weighted by molar-refractivity contribution is 5.79. The number of rotatable bonds is 2. The number of carbonyl (C=O) groups is 1. The molecule has 0 unspecified atom stereocenters. The van der Waals surface area contributed by atoms with E-state index in [1.165, 1.54) is 6.42 Å². The second-order valence-corrected chi connectivity index (χ2v) is 8.36. The van der Waals surface area contributed by atoms with Gasteiger partial charge in [-0.25, -0.2) is 0 Å². The third kappa shape index (κ3) is 3.71. The normalized spacial score (nSPS) is 34.2. The minimum absolute atomic E-state index is 0.160. The van der Waals surface area contributed by atoms with E-state index in [4.69, 9.17) is 0 Å². The predicted molar refractivity (Wildman–Crippen MR) is 78.9 cm³/mol. The molecule has 0 radical (unpaired) electrons. The minimum Gasteiger partial charge on any atom is -0.353 e. The van der Waals surface area contributed by atoms with Crippen molar-refractivity contribution in [3.05, 3.63) is 0 Å². The third-order valence-electron chi connectivity index (χ3n) is 4.76. The zero-order valence-electron chi connectivity index (χ0n) is 13.2. The molecular weight excluding hydrogens is 236 g/mol. The molecule has 0 aromatic carbocycles. The summed E-state index contributed by atoms with van der Waals surface area (Å²) < 4.78 is 0. The van der Waals surface area contributed by atoms with E-state index >= 15 is 0 Å². The van der Waals surface area contributed by atoms with Gasteiger partial charge in [-0.2, -0.15) is 0 Å². The Morgan fingerprint density at radius 3 is 2.16 bits per heavy atom. The lowest BCUT2D eigenvalue weighted by Crippen LogP contribution is -2.48. The first-order valence-corrected chi connectivity index (χ1v) is 7.70. The Bertz CT molecular complexity index is 333. The maximum Gasteiger partial charge on any atom is 0.224 e. The number of hydrogen-bond acceptors (Lipinski definition) is 2. The summed E-state index contributed by atoms with van der Waals surface area (Å²) in [5.74, 6) is 0.883. The van der Waals surface area contributed by atoms with Gasteiger partial charge in [0.15, 0.2) is 0 Å². The zero-order valence-corrected chi connectivity index (χ0v) is 13.2. The monoisotopic (exact) mass is 266 g/mol. The summed E-state index contributed by atoms with van der Waals surface area (Å²) in [5, 5.41) is 6.64. The highest BCUT2D eigenvalue weighted by atomic mass is 16.2. The molecule has 3 nitrogen and oxygen atoms in total. The van der Waals surface area contributed by atoms with E-state index < -0.39 is 0 Å². The van der Waals surface area contributed by atoms with Gasteiger partial charge in [0.25, 0.3) is 0 Å². The lowest BCUT2D eigenvalue weighted by Gasteiger charge is -2.45. The summed E-state index contributed by atoms with van der Waals surface area (Å²) in [6.07, 6.45) is 3.46. The largest absolute Gasteiger partial charge is 0.353 e. The van der Waals surface area contributed by atoms with Gasteiger partial charge in [0.05, 0.1) is 5.92 Å². The van der Waals surface area contributed by atoms with E-state index in [0.717, 1.165) is 25.9 Å². The van der Waals surface area contributed by atoms with Gasteiger partial charge in [-0.3, -0.25) is 4.79 Å². The van der Waals surface area contributed by atoms with Gasteiger partial charge in [0.1, 0.15) is 0 Å². The molecule has 0 bridgehead atoms. The first-order valence-electron chi connectivity index (χ1n) is 7.70. The highest BCUT2D eigenvalue weighted by Crippen LogP contribution is 2.45. The average Bonchev–Trinajstić information content (AvgIpc) is 2.58. The van der Waals surface area contributed by atoms with Crippen LogP contribution < -0.4 is 10.6 Å². The van der Waals surface area contributed by atoms with Crippen LogP contribution in [-0.2, 0) is 4.79 Å². The average molecular weight is 266 g/mol. The summed E-state index contributed by atoms with van der Waals surface area (Å²) in [7, 11) is 0. The third-order valence-corrected chi connectivity index (χ3v) is 4.76. The second-order valence-electron chi connectivity index (χ2n) is 8.36. The molecule has 0 spiro atoms. The molecule has 1 aliphatic heterocycles. The molecule has 2 N–H and O–H groups in total. The smallest absolute Gasteiger partial charge is 0.224 e. The van der Waals surface area contributed by atoms with Crippen LogP contribution in [0.2, 0.25) is 0 Å². The molecule has 1 saturated heterocycles. The van der Waals surface area contributed by atoms with Crippen LogP contribution >= 0.6 is 0 Å². The fourth-order valence-electron chi connectivity index (χ4n) is 4.42. The van der Waals surface area contributed by atoms with Crippen LogP contribution in [0.3, 0.4) is 0 Å². The molecule has 1 saturated carbocycles. The molecule has 2 rings (SSSR count). The summed E-state index contributed by atoms with van der Waals surface area (Å²) >= 11 is 0. The Labute approximate surface area is 117 Å². The van der Waals surface area contributed by atoms with Crippen LogP contribution in [0.25, 0.3) is 0 Å². The van der Waals surface area contributed by atoms with Crippen LogP contribution in [0.1, 0.15) is 53.9 Å². The van der Waals surface area contributed by atoms with Crippen molar-refractivity contribution in [1.29, 1.82) is 0 Å². The molecule has 110 valence electrons. The van der Waals surface area contributed by atoms with Crippen LogP contribution in [0, 0.1) is 22.7 Å². The van der Waals surface area contributed by atoms with Crippen LogP contribution in [0.5, 0.6) is 0 Å². The first kappa shape index (κ1) is 14.8. The van der Waals surface area contributed by atoms with Gasteiger partial charge in [-0.05, 0) is 42.6 Å². The van der Waals surface area contributed by atoms with Crippen LogP contribution in [-0.4, -0.2) is 25.0 Å². The van der Waals surface area contributed by atoms with Gasteiger partial charge < -0.3 is 10.6 Å². The Morgan fingerprint density at radius 1 is 1.11 bits per heavy atom. The van der Waals surface area contributed by atoms with Gasteiger partial charge in [0, 0.05) is 12.6 Å². The Balaban J connectivity index is 1.96. The molecule has 1 heterocycles. The summed E-state index contributed by atoms with van der Waals surface area (Å²) in [5.41, 5.74) is 0.665. The second kappa shape index (κ2) is 5.08. The van der Waals surface area contributed by atoms with Crippen molar-refractivity contribution in [1.82, 2.24) is 10.6 Å². The molecule has 0 aromatic rings. The van der Waals surface area contributed by atoms with Crippen molar-refractivity contribution < 1.29 is 4.79 Å². The van der Waals surface area contributed by atoms with E-state index in [0.29, 0.717) is 22.8 Å². The van der Waals surface area contributed by atoms with E-state index in [1.807, 2.05) is 0 Å². The Hall–Kier alpha value is -0.570. The van der Waals surface area contributed by atoms with Crippen molar-refractivity contribution in [2.45, 2.75) is 59.9 Å². The maximum absolute atomic E-state index is 12.4. The number of carbonyl (C=O) groups excluding carboxylic acids is 1. The molecule has 1 aliphatic carbocycles. The van der Waals surface area contributed by atoms with Gasteiger partial charge in [-0.15, -0.1) is 0 Å². The highest BCUT2D eigenvalue weighted by Gasteiger charge is 2.40. The standard InChI is InChI=1S/C16H30N2O/c1-11-8-17-9-13(11)14(19)18-12-6-15(2,3)10-16(4,5)7-12/h11-13,17H,6-10H2,1-5H3,(H,18,19)/t11-,13-/m1/s1. The van der Waals surface area contributed by atoms with E-state index in [1.54, 1.807) is 0 Å². The molecule has 2 fully saturated rings. The molecule has 3 heteroatoms. The Morgan fingerprint density at radius 2 is 1.68 bits per heavy atom. The van der Waals surface area contributed by atoms with Gasteiger partial charge >= 0.3 is 0 Å². The lowest BCUT2D eigenvalue weighted by molar-refractivity contribution is -0.127. The molecular formula is C16H30N2O. The van der Waals surface area contributed by atoms with E-state index in [9.17, 15) is 4.79 Å². The molecule has 0 aromatic heterocycles. The SMILES string of the molecule is C[C@@H]1CNC[C@H]1C(=O)NC1CC(C)(C)CC(C)(C)C1. The molecule has 19 heavy (non-hydrogen) atoms. The maximum atomic E-state index is 12.4. The van der Waals surface area contributed by atoms with Crippen LogP contribution in [0.4, 0.5) is 0 Å². The van der Waals surface area contributed by atoms with Crippen molar-refractivity contribution in [3.63, 3.8) is 0 Å². The first-order chi connectivity index (χ1) is 8.69. The molecule has 2 atom stereocenters. The summed E-state index contributed by atoms with van der Waals surface area (Å²) in [6, 6.07) is 0.346. The number of amides is 1. The topological polar surface area (TPSA) is 41.1 Å². The van der Waals surface area contributed by atoms with Gasteiger partial charge in [0.2, 0.25) is 5.91 Å². The summed E-state index contributed by atoms with van der Waals surface area (Å²) in [6.45, 7) is 13.3. The number of nitrogens with one attached hydrogen (secondary N) is 2. The zero-order chi connectivity index (χ0) is 14.3. The minimum atomic E-state index is 0.160. The van der Waals surface area contributed by atoms with Crippen molar-refractivity contribution >= 4 is 5.91 Å². The van der Waals surface area contributed by atoms with Crippen LogP contribution in [0.15, 0.2) is 0 Å². The summed E-state index contributed by atoms with van der Waals surface area (Å²) in [4.78, 5) is 12.4. The fourth-order valence-corrected chi connectivity index (χ4v) is 4.42. The molecule has 1 amide bonds. The molecule has 2 aliphatic rings. The predicted octanol–water partition coefficient (Wildman–Crippen LogP) is 2.56. The van der Waals surface area contributed by atoms with E-state index in [-0.39, 0.29) is 11.8 Å². The number of hydrogen-bond donors (Lipinski definition) is 2. The van der Waals surface area contributed by atoms with Crippen molar-refractivity contribution in [3.8, 4) is 0 Å². The van der Waals surface area contributed by atoms with Crippen molar-refractivity contribution in [2.24, 2.45) is 22.7 Å².